The van der Waals surface area contributed by atoms with Gasteiger partial charge in [-0.2, -0.15) is 0 Å². The van der Waals surface area contributed by atoms with Crippen LogP contribution in [0.15, 0.2) is 24.3 Å². The van der Waals surface area contributed by atoms with Gasteiger partial charge in [-0.25, -0.2) is 14.7 Å². The minimum absolute atomic E-state index is 0.0504. The fraction of sp³-hybridized carbons (Fsp3) is 0.667. The summed E-state index contributed by atoms with van der Waals surface area (Å²) < 4.78 is 30.3. The van der Waals surface area contributed by atoms with Crippen molar-refractivity contribution in [3.8, 4) is 5.75 Å². The summed E-state index contributed by atoms with van der Waals surface area (Å²) in [5.74, 6) is -0.930. The van der Waals surface area contributed by atoms with Crippen molar-refractivity contribution in [3.63, 3.8) is 0 Å². The van der Waals surface area contributed by atoms with E-state index in [1.807, 2.05) is 13.8 Å². The van der Waals surface area contributed by atoms with Gasteiger partial charge in [-0.05, 0) is 57.6 Å². The van der Waals surface area contributed by atoms with Gasteiger partial charge in [0.2, 0.25) is 0 Å². The molecule has 202 valence electrons. The standard InChI is InChI=1S/C24H38N3O8P/c1-5-19(6-2)16-33-23(28)17(3)25-36(32,35-22-14-12-20(13-15-22)27(30)31)26-18(4)24(29)34-21-10-8-7-9-11-21/h12-15,17-19,21H,5-11,16H2,1-4H3,(H2,25,26,32)/t17-,18-,36?/m0/s1. The molecule has 1 fully saturated rings. The first-order chi connectivity index (χ1) is 17.1. The number of carbonyl (C=O) groups excluding carboxylic acids is 2. The van der Waals surface area contributed by atoms with Crippen molar-refractivity contribution in [2.45, 2.75) is 90.8 Å². The normalized spacial score (nSPS) is 17.6. The van der Waals surface area contributed by atoms with Gasteiger partial charge in [0.1, 0.15) is 23.9 Å². The Bertz CT molecular complexity index is 916. The average Bonchev–Trinajstić information content (AvgIpc) is 2.85. The molecule has 0 amide bonds. The van der Waals surface area contributed by atoms with Crippen LogP contribution in [0.5, 0.6) is 5.75 Å². The second kappa shape index (κ2) is 14.3. The molecule has 1 unspecified atom stereocenters. The Hall–Kier alpha value is -2.49. The van der Waals surface area contributed by atoms with Crippen LogP contribution in [0.2, 0.25) is 0 Å². The van der Waals surface area contributed by atoms with E-state index in [4.69, 9.17) is 14.0 Å². The minimum Gasteiger partial charge on any atom is -0.464 e. The van der Waals surface area contributed by atoms with Crippen LogP contribution in [0, 0.1) is 16.0 Å². The van der Waals surface area contributed by atoms with Crippen LogP contribution in [0.25, 0.3) is 0 Å². The highest BCUT2D eigenvalue weighted by Crippen LogP contribution is 2.41. The summed E-state index contributed by atoms with van der Waals surface area (Å²) in [5, 5.41) is 16.2. The summed E-state index contributed by atoms with van der Waals surface area (Å²) in [6.45, 7) is 7.23. The molecular weight excluding hydrogens is 489 g/mol. The van der Waals surface area contributed by atoms with Gasteiger partial charge in [0.05, 0.1) is 11.5 Å². The quantitative estimate of drug-likeness (QED) is 0.148. The maximum absolute atomic E-state index is 13.8. The van der Waals surface area contributed by atoms with Crippen molar-refractivity contribution in [1.82, 2.24) is 10.2 Å². The van der Waals surface area contributed by atoms with Crippen molar-refractivity contribution >= 4 is 25.3 Å². The first kappa shape index (κ1) is 29.7. The molecule has 1 aliphatic carbocycles. The lowest BCUT2D eigenvalue weighted by Gasteiger charge is -2.28. The first-order valence-electron chi connectivity index (χ1n) is 12.5. The van der Waals surface area contributed by atoms with E-state index in [2.05, 4.69) is 10.2 Å². The van der Waals surface area contributed by atoms with Gasteiger partial charge in [0.25, 0.3) is 5.69 Å². The number of benzene rings is 1. The highest BCUT2D eigenvalue weighted by atomic mass is 31.2. The minimum atomic E-state index is -4.09. The Morgan fingerprint density at radius 1 is 1.03 bits per heavy atom. The fourth-order valence-corrected chi connectivity index (χ4v) is 5.61. The van der Waals surface area contributed by atoms with E-state index < -0.39 is 36.6 Å². The number of nitrogens with zero attached hydrogens (tertiary/aromatic N) is 1. The Morgan fingerprint density at radius 2 is 1.58 bits per heavy atom. The predicted octanol–water partition coefficient (Wildman–Crippen LogP) is 4.89. The van der Waals surface area contributed by atoms with Gasteiger partial charge >= 0.3 is 19.6 Å². The number of nitrogens with one attached hydrogen (secondary N) is 2. The molecule has 2 N–H and O–H groups in total. The molecule has 3 atom stereocenters. The van der Waals surface area contributed by atoms with Crippen LogP contribution in [0.1, 0.15) is 72.6 Å². The lowest BCUT2D eigenvalue weighted by atomic mass is 9.98. The molecule has 2 rings (SSSR count). The highest BCUT2D eigenvalue weighted by Gasteiger charge is 2.35. The van der Waals surface area contributed by atoms with E-state index in [1.54, 1.807) is 0 Å². The third-order valence-corrected chi connectivity index (χ3v) is 8.09. The molecule has 1 aromatic rings. The van der Waals surface area contributed by atoms with Crippen molar-refractivity contribution in [2.24, 2.45) is 5.92 Å². The van der Waals surface area contributed by atoms with Gasteiger partial charge in [0, 0.05) is 12.1 Å². The van der Waals surface area contributed by atoms with E-state index in [0.29, 0.717) is 0 Å². The number of rotatable bonds is 14. The van der Waals surface area contributed by atoms with Crippen molar-refractivity contribution in [2.75, 3.05) is 6.61 Å². The van der Waals surface area contributed by atoms with E-state index in [-0.39, 0.29) is 30.1 Å². The second-order valence-electron chi connectivity index (χ2n) is 9.10. The van der Waals surface area contributed by atoms with Crippen molar-refractivity contribution in [1.29, 1.82) is 0 Å². The van der Waals surface area contributed by atoms with E-state index in [0.717, 1.165) is 44.9 Å². The Morgan fingerprint density at radius 3 is 2.11 bits per heavy atom. The van der Waals surface area contributed by atoms with Gasteiger partial charge in [-0.15, -0.1) is 0 Å². The molecule has 1 aromatic carbocycles. The fourth-order valence-electron chi connectivity index (χ4n) is 3.78. The SMILES string of the molecule is CCC(CC)COC(=O)[C@H](C)NP(=O)(N[C@@H](C)C(=O)OC1CCCCC1)Oc1ccc([N+](=O)[O-])cc1. The van der Waals surface area contributed by atoms with Crippen LogP contribution in [-0.2, 0) is 23.6 Å². The van der Waals surface area contributed by atoms with Gasteiger partial charge in [0.15, 0.2) is 0 Å². The van der Waals surface area contributed by atoms with E-state index in [1.165, 1.54) is 38.1 Å². The average molecular weight is 528 g/mol. The smallest absolute Gasteiger partial charge is 0.391 e. The second-order valence-corrected chi connectivity index (χ2v) is 10.9. The third-order valence-electron chi connectivity index (χ3n) is 6.17. The number of non-ortho nitro benzene ring substituents is 1. The van der Waals surface area contributed by atoms with E-state index >= 15 is 0 Å². The Balaban J connectivity index is 2.13. The van der Waals surface area contributed by atoms with Crippen LogP contribution >= 0.6 is 7.67 Å². The Kier molecular flexibility index (Phi) is 11.8. The zero-order valence-electron chi connectivity index (χ0n) is 21.4. The molecule has 0 saturated heterocycles. The van der Waals surface area contributed by atoms with Crippen LogP contribution < -0.4 is 14.7 Å². The molecule has 0 bridgehead atoms. The number of esters is 2. The molecule has 11 nitrogen and oxygen atoms in total. The molecule has 1 saturated carbocycles. The maximum Gasteiger partial charge on any atom is 0.391 e. The molecule has 1 aliphatic rings. The molecule has 0 radical (unpaired) electrons. The molecule has 0 aliphatic heterocycles. The largest absolute Gasteiger partial charge is 0.464 e. The Labute approximate surface area is 212 Å². The number of hydrogen-bond donors (Lipinski definition) is 2. The molecular formula is C24H38N3O8P. The molecule has 0 spiro atoms. The van der Waals surface area contributed by atoms with Crippen LogP contribution in [0.3, 0.4) is 0 Å². The zero-order chi connectivity index (χ0) is 26.7. The summed E-state index contributed by atoms with van der Waals surface area (Å²) in [5.41, 5.74) is -0.166. The lowest BCUT2D eigenvalue weighted by molar-refractivity contribution is -0.384. The maximum atomic E-state index is 13.8. The molecule has 36 heavy (non-hydrogen) atoms. The number of nitro benzene ring substituents is 1. The van der Waals surface area contributed by atoms with Gasteiger partial charge in [-0.3, -0.25) is 19.7 Å². The topological polar surface area (TPSA) is 146 Å². The first-order valence-corrected chi connectivity index (χ1v) is 14.2. The summed E-state index contributed by atoms with van der Waals surface area (Å²) in [7, 11) is -4.09. The number of carbonyl (C=O) groups is 2. The zero-order valence-corrected chi connectivity index (χ0v) is 22.3. The molecule has 0 aromatic heterocycles. The van der Waals surface area contributed by atoms with Crippen LogP contribution in [0.4, 0.5) is 5.69 Å². The summed E-state index contributed by atoms with van der Waals surface area (Å²) in [6, 6.07) is 2.93. The third kappa shape index (κ3) is 9.52. The van der Waals surface area contributed by atoms with Gasteiger partial charge < -0.3 is 14.0 Å². The predicted molar refractivity (Wildman–Crippen MR) is 135 cm³/mol. The highest BCUT2D eigenvalue weighted by molar-refractivity contribution is 7.55. The van der Waals surface area contributed by atoms with Gasteiger partial charge in [-0.1, -0.05) is 33.1 Å². The van der Waals surface area contributed by atoms with Crippen molar-refractivity contribution in [3.05, 3.63) is 34.4 Å². The number of nitro groups is 1. The summed E-state index contributed by atoms with van der Waals surface area (Å²) in [6.07, 6.45) is 6.18. The lowest BCUT2D eigenvalue weighted by Crippen LogP contribution is -2.44. The van der Waals surface area contributed by atoms with Crippen molar-refractivity contribution < 1.29 is 33.1 Å². The summed E-state index contributed by atoms with van der Waals surface area (Å²) in [4.78, 5) is 35.6. The molecule has 12 heteroatoms. The number of hydrogen-bond acceptors (Lipinski definition) is 8. The monoisotopic (exact) mass is 527 g/mol. The van der Waals surface area contributed by atoms with Crippen LogP contribution in [-0.4, -0.2) is 41.7 Å². The summed E-state index contributed by atoms with van der Waals surface area (Å²) >= 11 is 0. The van der Waals surface area contributed by atoms with E-state index in [9.17, 15) is 24.3 Å². The number of ether oxygens (including phenoxy) is 2. The molecule has 0 heterocycles.